The molecule has 6 nitrogen and oxygen atoms in total. The molecular formula is C15H29N3O3. The van der Waals surface area contributed by atoms with E-state index in [0.717, 1.165) is 39.1 Å². The monoisotopic (exact) mass is 299 g/mol. The summed E-state index contributed by atoms with van der Waals surface area (Å²) >= 11 is 0. The quantitative estimate of drug-likeness (QED) is 0.746. The second kappa shape index (κ2) is 8.87. The van der Waals surface area contributed by atoms with Crippen LogP contribution < -0.4 is 5.32 Å². The van der Waals surface area contributed by atoms with Crippen molar-refractivity contribution < 1.29 is 14.7 Å². The lowest BCUT2D eigenvalue weighted by Crippen LogP contribution is -2.52. The molecule has 0 saturated carbocycles. The number of nitrogens with zero attached hydrogens (tertiary/aromatic N) is 2. The minimum absolute atomic E-state index is 0.00804. The van der Waals surface area contributed by atoms with Crippen LogP contribution in [0.3, 0.4) is 0 Å². The molecule has 1 atom stereocenters. The Bertz CT molecular complexity index is 339. The molecule has 122 valence electrons. The average molecular weight is 299 g/mol. The van der Waals surface area contributed by atoms with E-state index < -0.39 is 5.97 Å². The van der Waals surface area contributed by atoms with Crippen molar-refractivity contribution >= 4 is 12.0 Å². The van der Waals surface area contributed by atoms with E-state index >= 15 is 0 Å². The number of hydrogen-bond acceptors (Lipinski definition) is 3. The van der Waals surface area contributed by atoms with Gasteiger partial charge in [-0.05, 0) is 11.8 Å². The molecule has 0 radical (unpaired) electrons. The molecule has 1 fully saturated rings. The highest BCUT2D eigenvalue weighted by Gasteiger charge is 2.22. The number of nitrogens with one attached hydrogen (secondary N) is 1. The van der Waals surface area contributed by atoms with Crippen molar-refractivity contribution in [2.24, 2.45) is 11.8 Å². The number of piperazine rings is 1. The fraction of sp³-hybridized carbons (Fsp3) is 0.867. The van der Waals surface area contributed by atoms with Crippen LogP contribution in [0.4, 0.5) is 4.79 Å². The normalized spacial score (nSPS) is 17.8. The first kappa shape index (κ1) is 17.8. The minimum atomic E-state index is -0.807. The van der Waals surface area contributed by atoms with Crippen molar-refractivity contribution in [1.82, 2.24) is 15.1 Å². The number of rotatable bonds is 7. The number of urea groups is 1. The van der Waals surface area contributed by atoms with Gasteiger partial charge in [0.25, 0.3) is 0 Å². The average Bonchev–Trinajstić information content (AvgIpc) is 2.42. The van der Waals surface area contributed by atoms with Crippen LogP contribution in [-0.4, -0.2) is 66.2 Å². The Labute approximate surface area is 127 Å². The second-order valence-corrected chi connectivity index (χ2v) is 6.24. The molecule has 1 heterocycles. The summed E-state index contributed by atoms with van der Waals surface area (Å²) in [4.78, 5) is 27.0. The molecule has 6 heteroatoms. The predicted octanol–water partition coefficient (Wildman–Crippen LogP) is 1.47. The number of hydrogen-bond donors (Lipinski definition) is 2. The SMILES string of the molecule is CCC(CNC(=O)N1CCN(CC(C)C)CC1)CC(=O)O. The Morgan fingerprint density at radius 1 is 1.19 bits per heavy atom. The fourth-order valence-corrected chi connectivity index (χ4v) is 2.60. The van der Waals surface area contributed by atoms with Gasteiger partial charge in [-0.2, -0.15) is 0 Å². The molecule has 1 unspecified atom stereocenters. The van der Waals surface area contributed by atoms with Crippen LogP contribution >= 0.6 is 0 Å². The molecule has 1 rings (SSSR count). The molecule has 2 N–H and O–H groups in total. The summed E-state index contributed by atoms with van der Waals surface area (Å²) in [5.41, 5.74) is 0. The Morgan fingerprint density at radius 3 is 2.29 bits per heavy atom. The van der Waals surface area contributed by atoms with Crippen molar-refractivity contribution in [2.45, 2.75) is 33.6 Å². The van der Waals surface area contributed by atoms with Crippen LogP contribution in [0.1, 0.15) is 33.6 Å². The molecule has 0 aromatic rings. The fourth-order valence-electron chi connectivity index (χ4n) is 2.60. The summed E-state index contributed by atoms with van der Waals surface area (Å²) in [6, 6.07) is -0.0666. The maximum Gasteiger partial charge on any atom is 0.317 e. The first-order chi connectivity index (χ1) is 9.92. The summed E-state index contributed by atoms with van der Waals surface area (Å²) in [5, 5.41) is 11.7. The van der Waals surface area contributed by atoms with Gasteiger partial charge in [0, 0.05) is 45.7 Å². The largest absolute Gasteiger partial charge is 0.481 e. The van der Waals surface area contributed by atoms with E-state index in [1.54, 1.807) is 0 Å². The van der Waals surface area contributed by atoms with Crippen molar-refractivity contribution in [3.05, 3.63) is 0 Å². The van der Waals surface area contributed by atoms with Gasteiger partial charge < -0.3 is 15.3 Å². The molecule has 21 heavy (non-hydrogen) atoms. The number of carboxylic acid groups (broad SMARTS) is 1. The molecule has 2 amide bonds. The summed E-state index contributed by atoms with van der Waals surface area (Å²) < 4.78 is 0. The number of carboxylic acids is 1. The van der Waals surface area contributed by atoms with Crippen LogP contribution in [0.25, 0.3) is 0 Å². The highest BCUT2D eigenvalue weighted by molar-refractivity contribution is 5.74. The van der Waals surface area contributed by atoms with Gasteiger partial charge in [0.15, 0.2) is 0 Å². The van der Waals surface area contributed by atoms with Gasteiger partial charge in [0.05, 0.1) is 0 Å². The lowest BCUT2D eigenvalue weighted by Gasteiger charge is -2.35. The Morgan fingerprint density at radius 2 is 1.81 bits per heavy atom. The van der Waals surface area contributed by atoms with E-state index in [-0.39, 0.29) is 18.4 Å². The molecule has 0 aliphatic carbocycles. The summed E-state index contributed by atoms with van der Waals surface area (Å²) in [5.74, 6) is -0.154. The highest BCUT2D eigenvalue weighted by atomic mass is 16.4. The maximum atomic E-state index is 12.1. The van der Waals surface area contributed by atoms with E-state index in [1.165, 1.54) is 0 Å². The third-order valence-corrected chi connectivity index (χ3v) is 3.87. The van der Waals surface area contributed by atoms with Gasteiger partial charge in [-0.15, -0.1) is 0 Å². The second-order valence-electron chi connectivity index (χ2n) is 6.24. The van der Waals surface area contributed by atoms with Crippen molar-refractivity contribution in [3.63, 3.8) is 0 Å². The number of carbonyl (C=O) groups excluding carboxylic acids is 1. The molecule has 0 aromatic carbocycles. The van der Waals surface area contributed by atoms with Crippen LogP contribution in [0.5, 0.6) is 0 Å². The predicted molar refractivity (Wildman–Crippen MR) is 82.3 cm³/mol. The van der Waals surface area contributed by atoms with Crippen molar-refractivity contribution in [3.8, 4) is 0 Å². The Kier molecular flexibility index (Phi) is 7.50. The maximum absolute atomic E-state index is 12.1. The lowest BCUT2D eigenvalue weighted by atomic mass is 10.0. The summed E-state index contributed by atoms with van der Waals surface area (Å²) in [6.07, 6.45) is 0.869. The van der Waals surface area contributed by atoms with Crippen molar-refractivity contribution in [2.75, 3.05) is 39.3 Å². The lowest BCUT2D eigenvalue weighted by molar-refractivity contribution is -0.138. The zero-order valence-corrected chi connectivity index (χ0v) is 13.5. The zero-order valence-electron chi connectivity index (χ0n) is 13.5. The van der Waals surface area contributed by atoms with E-state index in [1.807, 2.05) is 11.8 Å². The zero-order chi connectivity index (χ0) is 15.8. The minimum Gasteiger partial charge on any atom is -0.481 e. The van der Waals surface area contributed by atoms with Crippen LogP contribution in [0.2, 0.25) is 0 Å². The van der Waals surface area contributed by atoms with Gasteiger partial charge in [0.1, 0.15) is 0 Å². The Balaban J connectivity index is 2.29. The standard InChI is InChI=1S/C15H29N3O3/c1-4-13(9-14(19)20)10-16-15(21)18-7-5-17(6-8-18)11-12(2)3/h12-13H,4-11H2,1-3H3,(H,16,21)(H,19,20). The molecule has 0 spiro atoms. The third kappa shape index (κ3) is 6.80. The van der Waals surface area contributed by atoms with Crippen molar-refractivity contribution in [1.29, 1.82) is 0 Å². The molecular weight excluding hydrogens is 270 g/mol. The van der Waals surface area contributed by atoms with Gasteiger partial charge in [-0.25, -0.2) is 4.79 Å². The molecule has 0 aromatic heterocycles. The first-order valence-electron chi connectivity index (χ1n) is 7.89. The summed E-state index contributed by atoms with van der Waals surface area (Å²) in [7, 11) is 0. The number of carbonyl (C=O) groups is 2. The van der Waals surface area contributed by atoms with E-state index in [2.05, 4.69) is 24.1 Å². The first-order valence-corrected chi connectivity index (χ1v) is 7.89. The molecule has 0 bridgehead atoms. The van der Waals surface area contributed by atoms with Gasteiger partial charge >= 0.3 is 12.0 Å². The molecule has 1 aliphatic heterocycles. The third-order valence-electron chi connectivity index (χ3n) is 3.87. The highest BCUT2D eigenvalue weighted by Crippen LogP contribution is 2.08. The van der Waals surface area contributed by atoms with Gasteiger partial charge in [-0.3, -0.25) is 9.69 Å². The van der Waals surface area contributed by atoms with E-state index in [9.17, 15) is 9.59 Å². The smallest absolute Gasteiger partial charge is 0.317 e. The van der Waals surface area contributed by atoms with Gasteiger partial charge in [-0.1, -0.05) is 27.2 Å². The molecule has 1 aliphatic rings. The topological polar surface area (TPSA) is 72.9 Å². The number of amides is 2. The van der Waals surface area contributed by atoms with Gasteiger partial charge in [0.2, 0.25) is 0 Å². The molecule has 1 saturated heterocycles. The number of aliphatic carboxylic acids is 1. The van der Waals surface area contributed by atoms with E-state index in [0.29, 0.717) is 12.5 Å². The summed E-state index contributed by atoms with van der Waals surface area (Å²) in [6.45, 7) is 11.2. The van der Waals surface area contributed by atoms with Crippen LogP contribution in [0.15, 0.2) is 0 Å². The Hall–Kier alpha value is -1.30. The van der Waals surface area contributed by atoms with Crippen LogP contribution in [0, 0.1) is 11.8 Å². The van der Waals surface area contributed by atoms with Crippen LogP contribution in [-0.2, 0) is 4.79 Å². The van der Waals surface area contributed by atoms with E-state index in [4.69, 9.17) is 5.11 Å².